The number of carbonyl (C=O) groups is 1. The number of halogens is 1. The Balaban J connectivity index is 1.86. The second-order valence-corrected chi connectivity index (χ2v) is 7.01. The summed E-state index contributed by atoms with van der Waals surface area (Å²) < 4.78 is 1.92. The van der Waals surface area contributed by atoms with E-state index < -0.39 is 0 Å². The van der Waals surface area contributed by atoms with Crippen LogP contribution in [0.25, 0.3) is 11.2 Å². The molecule has 6 heteroatoms. The van der Waals surface area contributed by atoms with Gasteiger partial charge in [0.2, 0.25) is 11.9 Å². The van der Waals surface area contributed by atoms with Crippen molar-refractivity contribution < 1.29 is 4.79 Å². The number of hydrogen-bond acceptors (Lipinski definition) is 3. The van der Waals surface area contributed by atoms with Crippen molar-refractivity contribution in [3.05, 3.63) is 52.7 Å². The van der Waals surface area contributed by atoms with Crippen LogP contribution in [-0.2, 0) is 17.8 Å². The van der Waals surface area contributed by atoms with Crippen LogP contribution in [0.15, 0.2) is 36.4 Å². The molecule has 1 N–H and O–H groups in total. The van der Waals surface area contributed by atoms with E-state index in [9.17, 15) is 4.79 Å². The predicted octanol–water partition coefficient (Wildman–Crippen LogP) is 4.23. The van der Waals surface area contributed by atoms with Crippen LogP contribution in [0.3, 0.4) is 0 Å². The van der Waals surface area contributed by atoms with Gasteiger partial charge in [0.25, 0.3) is 0 Å². The quantitative estimate of drug-likeness (QED) is 0.696. The van der Waals surface area contributed by atoms with Crippen molar-refractivity contribution in [1.82, 2.24) is 14.5 Å². The minimum atomic E-state index is -0.102. The van der Waals surface area contributed by atoms with Crippen LogP contribution in [0.5, 0.6) is 0 Å². The lowest BCUT2D eigenvalue weighted by molar-refractivity contribution is -0.115. The molecule has 1 aromatic carbocycles. The summed E-state index contributed by atoms with van der Waals surface area (Å²) in [6.07, 6.45) is 0.305. The number of fused-ring (bicyclic) bond motifs is 1. The first-order valence-corrected chi connectivity index (χ1v) is 8.68. The molecule has 0 fully saturated rings. The molecule has 0 atom stereocenters. The highest BCUT2D eigenvalue weighted by Gasteiger charge is 2.16. The molecular weight excluding hydrogens is 336 g/mol. The molecule has 2 heterocycles. The SMILES string of the molecule is Cc1ccc(CC(=O)Nc2nc3ccc(Cl)nc3n2CC(C)C)cc1. The Morgan fingerprint density at radius 2 is 1.88 bits per heavy atom. The molecule has 130 valence electrons. The third-order valence-corrected chi connectivity index (χ3v) is 4.05. The molecule has 0 aliphatic heterocycles. The summed E-state index contributed by atoms with van der Waals surface area (Å²) in [5, 5.41) is 3.33. The molecule has 0 saturated heterocycles. The standard InChI is InChI=1S/C19H21ClN4O/c1-12(2)11-24-18-15(8-9-16(20)22-18)21-19(24)23-17(25)10-14-6-4-13(3)5-7-14/h4-9,12H,10-11H2,1-3H3,(H,21,23,25). The Labute approximate surface area is 152 Å². The molecule has 0 aliphatic carbocycles. The van der Waals surface area contributed by atoms with Gasteiger partial charge in [-0.2, -0.15) is 0 Å². The number of aromatic nitrogens is 3. The maximum absolute atomic E-state index is 12.4. The van der Waals surface area contributed by atoms with Gasteiger partial charge in [-0.1, -0.05) is 55.3 Å². The maximum atomic E-state index is 12.4. The van der Waals surface area contributed by atoms with E-state index in [0.29, 0.717) is 35.6 Å². The van der Waals surface area contributed by atoms with Gasteiger partial charge in [-0.25, -0.2) is 9.97 Å². The summed E-state index contributed by atoms with van der Waals surface area (Å²) in [6, 6.07) is 11.5. The molecule has 2 aromatic heterocycles. The van der Waals surface area contributed by atoms with Crippen LogP contribution in [0.2, 0.25) is 5.15 Å². The molecule has 3 aromatic rings. The van der Waals surface area contributed by atoms with Crippen molar-refractivity contribution in [2.45, 2.75) is 33.7 Å². The molecule has 0 aliphatic rings. The maximum Gasteiger partial charge on any atom is 0.231 e. The number of amides is 1. The Hall–Kier alpha value is -2.40. The normalized spacial score (nSPS) is 11.2. The first-order valence-electron chi connectivity index (χ1n) is 8.30. The molecular formula is C19H21ClN4O. The fourth-order valence-corrected chi connectivity index (χ4v) is 2.82. The van der Waals surface area contributed by atoms with Crippen molar-refractivity contribution in [2.24, 2.45) is 5.92 Å². The van der Waals surface area contributed by atoms with Gasteiger partial charge in [0.15, 0.2) is 5.65 Å². The first kappa shape index (κ1) is 17.4. The fraction of sp³-hybridized carbons (Fsp3) is 0.316. The van der Waals surface area contributed by atoms with E-state index in [0.717, 1.165) is 11.1 Å². The highest BCUT2D eigenvalue weighted by molar-refractivity contribution is 6.29. The summed E-state index contributed by atoms with van der Waals surface area (Å²) in [5.41, 5.74) is 3.55. The highest BCUT2D eigenvalue weighted by Crippen LogP contribution is 2.22. The molecule has 0 bridgehead atoms. The number of benzene rings is 1. The van der Waals surface area contributed by atoms with Gasteiger partial charge < -0.3 is 0 Å². The number of carbonyl (C=O) groups excluding carboxylic acids is 1. The zero-order chi connectivity index (χ0) is 18.0. The number of anilines is 1. The van der Waals surface area contributed by atoms with Gasteiger partial charge in [-0.3, -0.25) is 14.7 Å². The highest BCUT2D eigenvalue weighted by atomic mass is 35.5. The van der Waals surface area contributed by atoms with Gasteiger partial charge in [0.05, 0.1) is 6.42 Å². The van der Waals surface area contributed by atoms with E-state index in [-0.39, 0.29) is 5.91 Å². The van der Waals surface area contributed by atoms with E-state index in [1.807, 2.05) is 41.8 Å². The van der Waals surface area contributed by atoms with Gasteiger partial charge >= 0.3 is 0 Å². The van der Waals surface area contributed by atoms with E-state index in [4.69, 9.17) is 11.6 Å². The second-order valence-electron chi connectivity index (χ2n) is 6.63. The summed E-state index contributed by atoms with van der Waals surface area (Å²) in [4.78, 5) is 21.3. The lowest BCUT2D eigenvalue weighted by Crippen LogP contribution is -2.19. The van der Waals surface area contributed by atoms with Gasteiger partial charge in [-0.05, 0) is 30.5 Å². The van der Waals surface area contributed by atoms with Crippen LogP contribution in [0.1, 0.15) is 25.0 Å². The van der Waals surface area contributed by atoms with E-state index >= 15 is 0 Å². The molecule has 0 saturated carbocycles. The molecule has 0 spiro atoms. The van der Waals surface area contributed by atoms with Gasteiger partial charge in [0, 0.05) is 6.54 Å². The molecule has 0 radical (unpaired) electrons. The van der Waals surface area contributed by atoms with E-state index in [1.165, 1.54) is 5.56 Å². The number of rotatable bonds is 5. The number of imidazole rings is 1. The average molecular weight is 357 g/mol. The summed E-state index contributed by atoms with van der Waals surface area (Å²) in [7, 11) is 0. The van der Waals surface area contributed by atoms with Gasteiger partial charge in [0.1, 0.15) is 10.7 Å². The van der Waals surface area contributed by atoms with Crippen molar-refractivity contribution >= 4 is 34.6 Å². The Bertz CT molecular complexity index is 900. The van der Waals surface area contributed by atoms with Crippen LogP contribution >= 0.6 is 11.6 Å². The molecule has 3 rings (SSSR count). The number of aryl methyl sites for hydroxylation is 1. The van der Waals surface area contributed by atoms with Crippen molar-refractivity contribution in [3.8, 4) is 0 Å². The third-order valence-electron chi connectivity index (χ3n) is 3.84. The van der Waals surface area contributed by atoms with Crippen molar-refractivity contribution in [3.63, 3.8) is 0 Å². The Morgan fingerprint density at radius 3 is 2.56 bits per heavy atom. The smallest absolute Gasteiger partial charge is 0.231 e. The van der Waals surface area contributed by atoms with Crippen LogP contribution in [0, 0.1) is 12.8 Å². The van der Waals surface area contributed by atoms with Crippen molar-refractivity contribution in [2.75, 3.05) is 5.32 Å². The van der Waals surface area contributed by atoms with Crippen molar-refractivity contribution in [1.29, 1.82) is 0 Å². The Kier molecular flexibility index (Phi) is 5.04. The first-order chi connectivity index (χ1) is 11.9. The summed E-state index contributed by atoms with van der Waals surface area (Å²) in [6.45, 7) is 6.93. The monoisotopic (exact) mass is 356 g/mol. The molecule has 5 nitrogen and oxygen atoms in total. The molecule has 1 amide bonds. The number of nitrogens with zero attached hydrogens (tertiary/aromatic N) is 3. The Morgan fingerprint density at radius 1 is 1.16 bits per heavy atom. The number of hydrogen-bond donors (Lipinski definition) is 1. The molecule has 0 unspecified atom stereocenters. The topological polar surface area (TPSA) is 59.8 Å². The van der Waals surface area contributed by atoms with Gasteiger partial charge in [-0.15, -0.1) is 0 Å². The largest absolute Gasteiger partial charge is 0.296 e. The van der Waals surface area contributed by atoms with E-state index in [1.54, 1.807) is 6.07 Å². The minimum absolute atomic E-state index is 0.102. The number of nitrogens with one attached hydrogen (secondary N) is 1. The van der Waals surface area contributed by atoms with Crippen LogP contribution < -0.4 is 5.32 Å². The average Bonchev–Trinajstić information content (AvgIpc) is 2.86. The predicted molar refractivity (Wildman–Crippen MR) is 101 cm³/mol. The van der Waals surface area contributed by atoms with Crippen LogP contribution in [0.4, 0.5) is 5.95 Å². The fourth-order valence-electron chi connectivity index (χ4n) is 2.67. The lowest BCUT2D eigenvalue weighted by Gasteiger charge is -2.12. The molecule has 25 heavy (non-hydrogen) atoms. The zero-order valence-corrected chi connectivity index (χ0v) is 15.3. The summed E-state index contributed by atoms with van der Waals surface area (Å²) >= 11 is 6.02. The minimum Gasteiger partial charge on any atom is -0.296 e. The third kappa shape index (κ3) is 4.17. The summed E-state index contributed by atoms with van der Waals surface area (Å²) in [5.74, 6) is 0.789. The van der Waals surface area contributed by atoms with Crippen LogP contribution in [-0.4, -0.2) is 20.4 Å². The lowest BCUT2D eigenvalue weighted by atomic mass is 10.1. The zero-order valence-electron chi connectivity index (χ0n) is 14.6. The second kappa shape index (κ2) is 7.23. The number of pyridine rings is 1. The van der Waals surface area contributed by atoms with E-state index in [2.05, 4.69) is 29.1 Å².